The van der Waals surface area contributed by atoms with Crippen LogP contribution in [-0.4, -0.2) is 42.5 Å². The number of hydrogen-bond acceptors (Lipinski definition) is 5. The highest BCUT2D eigenvalue weighted by Gasteiger charge is 2.14. The van der Waals surface area contributed by atoms with Crippen LogP contribution in [0, 0.1) is 0 Å². The minimum Gasteiger partial charge on any atom is -0.354 e. The lowest BCUT2D eigenvalue weighted by molar-refractivity contribution is -0.0974. The van der Waals surface area contributed by atoms with Gasteiger partial charge in [0.1, 0.15) is 5.56 Å². The second-order valence-electron chi connectivity index (χ2n) is 3.48. The van der Waals surface area contributed by atoms with Crippen molar-refractivity contribution in [2.75, 3.05) is 20.8 Å². The molecule has 1 heterocycles. The van der Waals surface area contributed by atoms with E-state index in [0.29, 0.717) is 0 Å². The predicted octanol–water partition coefficient (Wildman–Crippen LogP) is -1.58. The van der Waals surface area contributed by atoms with Gasteiger partial charge in [0.05, 0.1) is 6.54 Å². The number of carbonyl (C=O) groups excluding carboxylic acids is 1. The van der Waals surface area contributed by atoms with Crippen LogP contribution in [0.4, 0.5) is 0 Å². The molecule has 0 unspecified atom stereocenters. The van der Waals surface area contributed by atoms with Gasteiger partial charge in [0.25, 0.3) is 11.5 Å². The molecule has 1 aromatic rings. The van der Waals surface area contributed by atoms with E-state index in [0.717, 1.165) is 10.8 Å². The average Bonchev–Trinajstić information content (AvgIpc) is 2.37. The number of H-pyrrole nitrogens is 1. The molecule has 8 nitrogen and oxygen atoms in total. The number of nitrogens with zero attached hydrogens (tertiary/aromatic N) is 1. The molecule has 18 heavy (non-hydrogen) atoms. The minimum absolute atomic E-state index is 0.0914. The van der Waals surface area contributed by atoms with E-state index in [1.54, 1.807) is 0 Å². The first kappa shape index (κ1) is 14.1. The molecule has 0 aliphatic carbocycles. The largest absolute Gasteiger partial charge is 0.354 e. The van der Waals surface area contributed by atoms with E-state index in [-0.39, 0.29) is 12.1 Å². The van der Waals surface area contributed by atoms with Crippen LogP contribution < -0.4 is 16.6 Å². The van der Waals surface area contributed by atoms with E-state index in [4.69, 9.17) is 9.47 Å². The summed E-state index contributed by atoms with van der Waals surface area (Å²) in [5.41, 5.74) is -1.39. The zero-order chi connectivity index (χ0) is 13.7. The average molecular weight is 257 g/mol. The van der Waals surface area contributed by atoms with Crippen LogP contribution in [0.2, 0.25) is 0 Å². The van der Waals surface area contributed by atoms with Gasteiger partial charge >= 0.3 is 5.69 Å². The first-order valence-corrected chi connectivity index (χ1v) is 5.13. The van der Waals surface area contributed by atoms with E-state index >= 15 is 0 Å². The molecule has 0 fully saturated rings. The number of carbonyl (C=O) groups is 1. The fourth-order valence-electron chi connectivity index (χ4n) is 1.26. The molecule has 0 saturated heterocycles. The van der Waals surface area contributed by atoms with Crippen molar-refractivity contribution in [3.05, 3.63) is 32.6 Å². The molecule has 0 radical (unpaired) electrons. The number of aromatic amines is 1. The summed E-state index contributed by atoms with van der Waals surface area (Å²) in [5.74, 6) is -0.606. The molecule has 1 aromatic heterocycles. The molecule has 1 rings (SSSR count). The SMILES string of the molecule is COC(CNC(=O)c1c[nH]c(=O)n(C)c1=O)OC. The van der Waals surface area contributed by atoms with Crippen LogP contribution in [0.5, 0.6) is 0 Å². The second-order valence-corrected chi connectivity index (χ2v) is 3.48. The Labute approximate surface area is 103 Å². The topological polar surface area (TPSA) is 102 Å². The van der Waals surface area contributed by atoms with Crippen molar-refractivity contribution in [1.82, 2.24) is 14.9 Å². The Hall–Kier alpha value is -1.93. The molecule has 8 heteroatoms. The fourth-order valence-corrected chi connectivity index (χ4v) is 1.26. The van der Waals surface area contributed by atoms with E-state index in [1.165, 1.54) is 21.3 Å². The molecule has 0 aromatic carbocycles. The maximum atomic E-state index is 11.7. The Morgan fingerprint density at radius 3 is 2.61 bits per heavy atom. The molecule has 0 aliphatic heterocycles. The first-order chi connectivity index (χ1) is 8.51. The van der Waals surface area contributed by atoms with Gasteiger partial charge in [-0.2, -0.15) is 0 Å². The van der Waals surface area contributed by atoms with Gasteiger partial charge in [0, 0.05) is 27.5 Å². The lowest BCUT2D eigenvalue weighted by atomic mass is 10.3. The van der Waals surface area contributed by atoms with Gasteiger partial charge in [0.2, 0.25) is 0 Å². The fraction of sp³-hybridized carbons (Fsp3) is 0.500. The smallest absolute Gasteiger partial charge is 0.328 e. The van der Waals surface area contributed by atoms with Crippen LogP contribution in [0.3, 0.4) is 0 Å². The third kappa shape index (κ3) is 3.05. The quantitative estimate of drug-likeness (QED) is 0.620. The van der Waals surface area contributed by atoms with Crippen molar-refractivity contribution < 1.29 is 14.3 Å². The summed E-state index contributed by atoms with van der Waals surface area (Å²) in [5, 5.41) is 2.46. The predicted molar refractivity (Wildman–Crippen MR) is 62.4 cm³/mol. The van der Waals surface area contributed by atoms with Crippen LogP contribution in [0.15, 0.2) is 15.8 Å². The number of amides is 1. The van der Waals surface area contributed by atoms with Crippen molar-refractivity contribution in [3.8, 4) is 0 Å². The number of ether oxygens (including phenoxy) is 2. The monoisotopic (exact) mass is 257 g/mol. The zero-order valence-electron chi connectivity index (χ0n) is 10.4. The number of aromatic nitrogens is 2. The second kappa shape index (κ2) is 6.12. The molecular weight excluding hydrogens is 242 g/mol. The molecular formula is C10H15N3O5. The van der Waals surface area contributed by atoms with Crippen molar-refractivity contribution in [2.24, 2.45) is 7.05 Å². The third-order valence-electron chi connectivity index (χ3n) is 2.38. The number of methoxy groups -OCH3 is 2. The number of nitrogens with one attached hydrogen (secondary N) is 2. The molecule has 0 atom stereocenters. The van der Waals surface area contributed by atoms with Crippen LogP contribution in [0.1, 0.15) is 10.4 Å². The normalized spacial score (nSPS) is 10.7. The van der Waals surface area contributed by atoms with Gasteiger partial charge in [0.15, 0.2) is 6.29 Å². The van der Waals surface area contributed by atoms with Crippen LogP contribution >= 0.6 is 0 Å². The lowest BCUT2D eigenvalue weighted by Gasteiger charge is -2.13. The summed E-state index contributed by atoms with van der Waals surface area (Å²) in [7, 11) is 4.14. The van der Waals surface area contributed by atoms with Crippen molar-refractivity contribution in [3.63, 3.8) is 0 Å². The summed E-state index contributed by atoms with van der Waals surface area (Å²) in [6, 6.07) is 0. The van der Waals surface area contributed by atoms with E-state index in [1.807, 2.05) is 0 Å². The van der Waals surface area contributed by atoms with Crippen molar-refractivity contribution in [2.45, 2.75) is 6.29 Å². The number of hydrogen-bond donors (Lipinski definition) is 2. The summed E-state index contributed by atoms with van der Waals surface area (Å²) in [4.78, 5) is 36.7. The molecule has 100 valence electrons. The highest BCUT2D eigenvalue weighted by atomic mass is 16.7. The summed E-state index contributed by atoms with van der Waals surface area (Å²) >= 11 is 0. The van der Waals surface area contributed by atoms with Gasteiger partial charge in [-0.15, -0.1) is 0 Å². The highest BCUT2D eigenvalue weighted by molar-refractivity contribution is 5.93. The Kier molecular flexibility index (Phi) is 4.81. The minimum atomic E-state index is -0.664. The maximum Gasteiger partial charge on any atom is 0.328 e. The molecule has 0 saturated carbocycles. The Morgan fingerprint density at radius 1 is 1.44 bits per heavy atom. The molecule has 0 spiro atoms. The van der Waals surface area contributed by atoms with Crippen molar-refractivity contribution in [1.29, 1.82) is 0 Å². The molecule has 0 bridgehead atoms. The van der Waals surface area contributed by atoms with Gasteiger partial charge < -0.3 is 19.8 Å². The zero-order valence-corrected chi connectivity index (χ0v) is 10.4. The van der Waals surface area contributed by atoms with Gasteiger partial charge in [-0.1, -0.05) is 0 Å². The Morgan fingerprint density at radius 2 is 2.06 bits per heavy atom. The van der Waals surface area contributed by atoms with Gasteiger partial charge in [-0.3, -0.25) is 14.2 Å². The molecule has 0 aliphatic rings. The molecule has 2 N–H and O–H groups in total. The van der Waals surface area contributed by atoms with Crippen LogP contribution in [-0.2, 0) is 16.5 Å². The van der Waals surface area contributed by atoms with Gasteiger partial charge in [-0.05, 0) is 0 Å². The highest BCUT2D eigenvalue weighted by Crippen LogP contribution is 1.90. The number of rotatable bonds is 5. The summed E-state index contributed by atoms with van der Waals surface area (Å²) < 4.78 is 10.6. The summed E-state index contributed by atoms with van der Waals surface area (Å²) in [6.45, 7) is 0.0914. The van der Waals surface area contributed by atoms with Gasteiger partial charge in [-0.25, -0.2) is 4.79 Å². The molecule has 1 amide bonds. The lowest BCUT2D eigenvalue weighted by Crippen LogP contribution is -2.41. The Bertz CT molecular complexity index is 529. The third-order valence-corrected chi connectivity index (χ3v) is 2.38. The van der Waals surface area contributed by atoms with E-state index in [2.05, 4.69) is 10.3 Å². The summed E-state index contributed by atoms with van der Waals surface area (Å²) in [6.07, 6.45) is 0.481. The van der Waals surface area contributed by atoms with Crippen LogP contribution in [0.25, 0.3) is 0 Å². The van der Waals surface area contributed by atoms with E-state index < -0.39 is 23.4 Å². The Balaban J connectivity index is 2.83. The first-order valence-electron chi connectivity index (χ1n) is 5.13. The standard InChI is InChI=1S/C10H15N3O5/c1-13-9(15)6(4-12-10(13)16)8(14)11-5-7(17-2)18-3/h4,7H,5H2,1-3H3,(H,11,14)(H,12,16). The maximum absolute atomic E-state index is 11.7. The van der Waals surface area contributed by atoms with Crippen molar-refractivity contribution >= 4 is 5.91 Å². The van der Waals surface area contributed by atoms with E-state index in [9.17, 15) is 14.4 Å².